The zero-order valence-corrected chi connectivity index (χ0v) is 33.2. The van der Waals surface area contributed by atoms with E-state index in [0.29, 0.717) is 34.7 Å². The van der Waals surface area contributed by atoms with Gasteiger partial charge in [0.25, 0.3) is 0 Å². The van der Waals surface area contributed by atoms with Crippen LogP contribution in [0.25, 0.3) is 0 Å². The van der Waals surface area contributed by atoms with Crippen LogP contribution in [0.3, 0.4) is 0 Å². The Hall–Kier alpha value is 0.390. The van der Waals surface area contributed by atoms with Crippen molar-refractivity contribution in [1.29, 1.82) is 0 Å². The molecule has 4 N–H and O–H groups in total. The first-order valence-electron chi connectivity index (χ1n) is 20.4. The van der Waals surface area contributed by atoms with Crippen LogP contribution in [-0.4, -0.2) is 82.8 Å². The van der Waals surface area contributed by atoms with Crippen molar-refractivity contribution in [3.8, 4) is 0 Å². The van der Waals surface area contributed by atoms with Crippen molar-refractivity contribution in [1.82, 2.24) is 0 Å². The average Bonchev–Trinajstić information content (AvgIpc) is 3.71. The van der Waals surface area contributed by atoms with Gasteiger partial charge in [0.05, 0.1) is 18.3 Å². The molecule has 49 heavy (non-hydrogen) atoms. The summed E-state index contributed by atoms with van der Waals surface area (Å²) in [6, 6.07) is 0. The first-order chi connectivity index (χ1) is 23.7. The molecule has 5 fully saturated rings. The summed E-state index contributed by atoms with van der Waals surface area (Å²) in [4.78, 5) is 0. The van der Waals surface area contributed by atoms with Crippen LogP contribution in [0.15, 0.2) is 11.8 Å². The Bertz CT molecular complexity index is 1030. The van der Waals surface area contributed by atoms with Crippen LogP contribution < -0.4 is 0 Å². The highest BCUT2D eigenvalue weighted by Gasteiger charge is 2.52. The van der Waals surface area contributed by atoms with Crippen LogP contribution in [0, 0.1) is 35.5 Å². The van der Waals surface area contributed by atoms with Crippen molar-refractivity contribution < 1.29 is 29.9 Å². The van der Waals surface area contributed by atoms with E-state index in [2.05, 4.69) is 69.1 Å². The molecular weight excluding hydrogens is 673 g/mol. The number of fused-ring (bicyclic) bond motifs is 2. The molecule has 3 aliphatic heterocycles. The molecule has 9 heteroatoms. The Morgan fingerprint density at radius 3 is 1.80 bits per heavy atom. The number of hydrogen-bond acceptors (Lipinski definition) is 9. The van der Waals surface area contributed by atoms with E-state index < -0.39 is 12.6 Å². The van der Waals surface area contributed by atoms with Crippen LogP contribution in [0.5, 0.6) is 0 Å². The molecule has 3 heterocycles. The van der Waals surface area contributed by atoms with Gasteiger partial charge in [0.2, 0.25) is 0 Å². The largest absolute Gasteiger partial charge is 0.469 e. The molecule has 0 radical (unpaired) electrons. The molecule has 3 aliphatic carbocycles. The van der Waals surface area contributed by atoms with Crippen LogP contribution in [0.4, 0.5) is 0 Å². The standard InChI is InChI=1S/C40H68O6S3/c1-5-9-28-21-34-35(47-28)22-36(48-34)33-20-23(6-2)37-31(45-39(43)26-14-10-24(11-15-26)29(41)7-3)18-19-32(38(37)49-33)46-40(44)27-16-12-25(13-17-27)30(42)8-4/h18,23-30,32-44H,5-17,19-22H2,1-4H3. The van der Waals surface area contributed by atoms with Gasteiger partial charge in [-0.1, -0.05) is 40.5 Å². The second kappa shape index (κ2) is 18.1. The highest BCUT2D eigenvalue weighted by Crippen LogP contribution is 2.58. The molecule has 13 atom stereocenters. The number of hydrogen-bond donors (Lipinski definition) is 4. The second-order valence-electron chi connectivity index (χ2n) is 16.6. The topological polar surface area (TPSA) is 99.4 Å². The minimum Gasteiger partial charge on any atom is -0.469 e. The van der Waals surface area contributed by atoms with Crippen molar-refractivity contribution >= 4 is 35.3 Å². The SMILES string of the molecule is CCCC1CC2SC(C3CC(CC)C4C(OC(O)C5CCC(C(O)CC)CC5)=CCC(OC(O)C5CCC(C(O)CC)CC5)C4S3)CC2S1. The number of ether oxygens (including phenoxy) is 2. The molecule has 0 aromatic carbocycles. The number of aliphatic hydroxyl groups is 4. The maximum absolute atomic E-state index is 11.5. The molecule has 6 rings (SSSR count). The third-order valence-corrected chi connectivity index (χ3v) is 19.1. The Morgan fingerprint density at radius 2 is 1.22 bits per heavy atom. The molecule has 0 aromatic heterocycles. The average molecular weight is 741 g/mol. The Kier molecular flexibility index (Phi) is 14.5. The number of aliphatic hydroxyl groups excluding tert-OH is 4. The van der Waals surface area contributed by atoms with Gasteiger partial charge < -0.3 is 29.9 Å². The normalized spacial score (nSPS) is 43.6. The van der Waals surface area contributed by atoms with Crippen molar-refractivity contribution in [2.75, 3.05) is 0 Å². The van der Waals surface area contributed by atoms with Gasteiger partial charge in [-0.2, -0.15) is 35.3 Å². The lowest BCUT2D eigenvalue weighted by Crippen LogP contribution is -2.49. The summed E-state index contributed by atoms with van der Waals surface area (Å²) >= 11 is 6.70. The van der Waals surface area contributed by atoms with Gasteiger partial charge in [-0.05, 0) is 120 Å². The number of allylic oxidation sites excluding steroid dienone is 1. The van der Waals surface area contributed by atoms with Crippen molar-refractivity contribution in [2.45, 2.75) is 199 Å². The fourth-order valence-electron chi connectivity index (χ4n) is 10.4. The monoisotopic (exact) mass is 740 g/mol. The summed E-state index contributed by atoms with van der Waals surface area (Å²) in [5.41, 5.74) is 0. The molecule has 0 aromatic rings. The molecular formula is C40H68O6S3. The van der Waals surface area contributed by atoms with E-state index in [0.717, 1.165) is 92.1 Å². The van der Waals surface area contributed by atoms with E-state index in [1.165, 1.54) is 32.1 Å². The van der Waals surface area contributed by atoms with Gasteiger partial charge in [-0.25, -0.2) is 0 Å². The van der Waals surface area contributed by atoms with Gasteiger partial charge in [-0.3, -0.25) is 0 Å². The molecule has 3 saturated heterocycles. The molecule has 0 spiro atoms. The quantitative estimate of drug-likeness (QED) is 0.131. The fraction of sp³-hybridized carbons (Fsp3) is 0.950. The summed E-state index contributed by atoms with van der Waals surface area (Å²) in [5, 5.41) is 47.7. The van der Waals surface area contributed by atoms with Crippen LogP contribution in [-0.2, 0) is 9.47 Å². The van der Waals surface area contributed by atoms with Gasteiger partial charge >= 0.3 is 0 Å². The highest BCUT2D eigenvalue weighted by molar-refractivity contribution is 8.07. The summed E-state index contributed by atoms with van der Waals surface area (Å²) in [6.45, 7) is 8.75. The third kappa shape index (κ3) is 9.20. The van der Waals surface area contributed by atoms with E-state index in [1.807, 2.05) is 0 Å². The highest BCUT2D eigenvalue weighted by atomic mass is 32.2. The molecule has 282 valence electrons. The maximum atomic E-state index is 11.5. The van der Waals surface area contributed by atoms with Crippen LogP contribution in [0.1, 0.15) is 137 Å². The van der Waals surface area contributed by atoms with Gasteiger partial charge in [0.15, 0.2) is 12.6 Å². The lowest BCUT2D eigenvalue weighted by molar-refractivity contribution is -0.182. The predicted octanol–water partition coefficient (Wildman–Crippen LogP) is 8.53. The van der Waals surface area contributed by atoms with Crippen LogP contribution in [0.2, 0.25) is 0 Å². The number of rotatable bonds is 14. The van der Waals surface area contributed by atoms with E-state index >= 15 is 0 Å². The Labute approximate surface area is 310 Å². The third-order valence-electron chi connectivity index (χ3n) is 13.6. The van der Waals surface area contributed by atoms with E-state index in [4.69, 9.17) is 9.47 Å². The van der Waals surface area contributed by atoms with Crippen LogP contribution >= 0.6 is 35.3 Å². The Morgan fingerprint density at radius 1 is 0.673 bits per heavy atom. The smallest absolute Gasteiger partial charge is 0.199 e. The second-order valence-corrected chi connectivity index (χ2v) is 21.0. The first-order valence-corrected chi connectivity index (χ1v) is 23.3. The van der Waals surface area contributed by atoms with E-state index in [9.17, 15) is 20.4 Å². The lowest BCUT2D eigenvalue weighted by atomic mass is 9.76. The van der Waals surface area contributed by atoms with Gasteiger partial charge in [0.1, 0.15) is 5.76 Å². The molecule has 13 unspecified atom stereocenters. The zero-order chi connectivity index (χ0) is 34.7. The predicted molar refractivity (Wildman–Crippen MR) is 206 cm³/mol. The first kappa shape index (κ1) is 39.1. The lowest BCUT2D eigenvalue weighted by Gasteiger charge is -2.49. The summed E-state index contributed by atoms with van der Waals surface area (Å²) in [5.74, 6) is 2.49. The number of thioether (sulfide) groups is 3. The summed E-state index contributed by atoms with van der Waals surface area (Å²) in [6.07, 6.45) is 17.3. The zero-order valence-electron chi connectivity index (χ0n) is 30.7. The molecule has 6 nitrogen and oxygen atoms in total. The van der Waals surface area contributed by atoms with Crippen molar-refractivity contribution in [3.63, 3.8) is 0 Å². The maximum Gasteiger partial charge on any atom is 0.199 e. The molecule has 6 aliphatic rings. The molecule has 2 saturated carbocycles. The summed E-state index contributed by atoms with van der Waals surface area (Å²) in [7, 11) is 0. The summed E-state index contributed by atoms with van der Waals surface area (Å²) < 4.78 is 13.3. The van der Waals surface area contributed by atoms with Gasteiger partial charge in [0, 0.05) is 49.3 Å². The van der Waals surface area contributed by atoms with Crippen molar-refractivity contribution in [3.05, 3.63) is 11.8 Å². The Balaban J connectivity index is 1.14. The van der Waals surface area contributed by atoms with Gasteiger partial charge in [-0.15, -0.1) is 0 Å². The van der Waals surface area contributed by atoms with E-state index in [1.54, 1.807) is 0 Å². The molecule has 0 amide bonds. The minimum absolute atomic E-state index is 0.0783. The molecule has 0 bridgehead atoms. The van der Waals surface area contributed by atoms with E-state index in [-0.39, 0.29) is 41.3 Å². The minimum atomic E-state index is -0.818. The fourth-order valence-corrected chi connectivity index (χ4v) is 16.8. The van der Waals surface area contributed by atoms with Crippen molar-refractivity contribution in [2.24, 2.45) is 35.5 Å².